The van der Waals surface area contributed by atoms with Crippen molar-refractivity contribution in [2.24, 2.45) is 17.8 Å². The van der Waals surface area contributed by atoms with E-state index in [0.29, 0.717) is 5.92 Å². The van der Waals surface area contributed by atoms with Crippen LogP contribution >= 0.6 is 0 Å². The molecule has 1 aromatic carbocycles. The maximum atomic E-state index is 14.4. The standard InChI is InChI=1S/C21H31F/c1-3-5-15-7-9-17(10-8-15)18-13-19-11-16(6-4-2)12-21(22)20(19)14-18/h11-12,15,17-18H,3-10,13-14H2,1-2H3. The first-order chi connectivity index (χ1) is 10.7. The van der Waals surface area contributed by atoms with E-state index >= 15 is 0 Å². The first-order valence-electron chi connectivity index (χ1n) is 9.51. The van der Waals surface area contributed by atoms with E-state index in [1.807, 2.05) is 0 Å². The zero-order valence-electron chi connectivity index (χ0n) is 14.3. The van der Waals surface area contributed by atoms with Gasteiger partial charge in [-0.15, -0.1) is 0 Å². The Balaban J connectivity index is 1.63. The van der Waals surface area contributed by atoms with E-state index in [4.69, 9.17) is 0 Å². The fourth-order valence-electron chi connectivity index (χ4n) is 4.91. The van der Waals surface area contributed by atoms with Crippen molar-refractivity contribution in [2.75, 3.05) is 0 Å². The van der Waals surface area contributed by atoms with Crippen LogP contribution in [0.4, 0.5) is 4.39 Å². The van der Waals surface area contributed by atoms with Crippen LogP contribution in [-0.2, 0) is 19.3 Å². The van der Waals surface area contributed by atoms with Gasteiger partial charge >= 0.3 is 0 Å². The minimum Gasteiger partial charge on any atom is -0.207 e. The van der Waals surface area contributed by atoms with Gasteiger partial charge in [-0.05, 0) is 72.6 Å². The Labute approximate surface area is 135 Å². The predicted molar refractivity (Wildman–Crippen MR) is 91.6 cm³/mol. The molecular weight excluding hydrogens is 271 g/mol. The van der Waals surface area contributed by atoms with Crippen molar-refractivity contribution in [3.63, 3.8) is 0 Å². The number of hydrogen-bond acceptors (Lipinski definition) is 0. The molecule has 0 aliphatic heterocycles. The quantitative estimate of drug-likeness (QED) is 0.616. The van der Waals surface area contributed by atoms with E-state index in [2.05, 4.69) is 19.9 Å². The second-order valence-electron chi connectivity index (χ2n) is 7.70. The molecule has 0 bridgehead atoms. The predicted octanol–water partition coefficient (Wildman–Crippen LogP) is 6.10. The van der Waals surface area contributed by atoms with Gasteiger partial charge < -0.3 is 0 Å². The molecule has 1 aromatic rings. The topological polar surface area (TPSA) is 0 Å². The molecule has 0 spiro atoms. The van der Waals surface area contributed by atoms with Crippen LogP contribution in [-0.4, -0.2) is 0 Å². The van der Waals surface area contributed by atoms with Gasteiger partial charge in [-0.25, -0.2) is 4.39 Å². The van der Waals surface area contributed by atoms with Crippen molar-refractivity contribution < 1.29 is 4.39 Å². The lowest BCUT2D eigenvalue weighted by Crippen LogP contribution is -2.22. The highest BCUT2D eigenvalue weighted by atomic mass is 19.1. The molecule has 3 rings (SSSR count). The number of fused-ring (bicyclic) bond motifs is 1. The molecular formula is C21H31F. The lowest BCUT2D eigenvalue weighted by Gasteiger charge is -2.32. The summed E-state index contributed by atoms with van der Waals surface area (Å²) in [6.45, 7) is 4.47. The van der Waals surface area contributed by atoms with Crippen LogP contribution in [0.1, 0.15) is 75.5 Å². The van der Waals surface area contributed by atoms with Gasteiger partial charge in [-0.3, -0.25) is 0 Å². The zero-order valence-corrected chi connectivity index (χ0v) is 14.3. The molecule has 1 atom stereocenters. The highest BCUT2D eigenvalue weighted by Gasteiger charge is 2.33. The molecule has 1 fully saturated rings. The minimum atomic E-state index is 0.0723. The lowest BCUT2D eigenvalue weighted by molar-refractivity contribution is 0.201. The Morgan fingerprint density at radius 3 is 2.41 bits per heavy atom. The maximum absolute atomic E-state index is 14.4. The SMILES string of the molecule is CCCc1cc(F)c2c(c1)CC(C1CCC(CCC)CC1)C2. The van der Waals surface area contributed by atoms with Gasteiger partial charge in [0.25, 0.3) is 0 Å². The third-order valence-electron chi connectivity index (χ3n) is 6.09. The van der Waals surface area contributed by atoms with Crippen LogP contribution < -0.4 is 0 Å². The van der Waals surface area contributed by atoms with Crippen LogP contribution in [0, 0.1) is 23.6 Å². The van der Waals surface area contributed by atoms with Crippen LogP contribution in [0.5, 0.6) is 0 Å². The van der Waals surface area contributed by atoms with Crippen molar-refractivity contribution >= 4 is 0 Å². The molecule has 0 amide bonds. The molecule has 1 saturated carbocycles. The van der Waals surface area contributed by atoms with Crippen LogP contribution in [0.25, 0.3) is 0 Å². The average molecular weight is 302 g/mol. The van der Waals surface area contributed by atoms with Gasteiger partial charge in [0.05, 0.1) is 0 Å². The molecule has 0 nitrogen and oxygen atoms in total. The Morgan fingerprint density at radius 1 is 0.955 bits per heavy atom. The lowest BCUT2D eigenvalue weighted by atomic mass is 9.74. The van der Waals surface area contributed by atoms with Crippen molar-refractivity contribution in [1.82, 2.24) is 0 Å². The van der Waals surface area contributed by atoms with E-state index in [9.17, 15) is 4.39 Å². The summed E-state index contributed by atoms with van der Waals surface area (Å²) >= 11 is 0. The van der Waals surface area contributed by atoms with Gasteiger partial charge in [0.1, 0.15) is 5.82 Å². The van der Waals surface area contributed by atoms with E-state index in [-0.39, 0.29) is 5.82 Å². The fraction of sp³-hybridized carbons (Fsp3) is 0.714. The summed E-state index contributed by atoms with van der Waals surface area (Å²) in [6.07, 6.45) is 12.6. The van der Waals surface area contributed by atoms with Crippen molar-refractivity contribution in [1.29, 1.82) is 0 Å². The largest absolute Gasteiger partial charge is 0.207 e. The highest BCUT2D eigenvalue weighted by Crippen LogP contribution is 2.42. The van der Waals surface area contributed by atoms with Crippen LogP contribution in [0.3, 0.4) is 0 Å². The summed E-state index contributed by atoms with van der Waals surface area (Å²) in [5, 5.41) is 0. The van der Waals surface area contributed by atoms with E-state index in [1.54, 1.807) is 6.07 Å². The monoisotopic (exact) mass is 302 g/mol. The van der Waals surface area contributed by atoms with Crippen molar-refractivity contribution in [3.05, 3.63) is 34.6 Å². The van der Waals surface area contributed by atoms with Crippen molar-refractivity contribution in [2.45, 2.75) is 78.1 Å². The maximum Gasteiger partial charge on any atom is 0.126 e. The molecule has 122 valence electrons. The number of hydrogen-bond donors (Lipinski definition) is 0. The molecule has 0 saturated heterocycles. The van der Waals surface area contributed by atoms with Crippen LogP contribution in [0.2, 0.25) is 0 Å². The molecule has 1 unspecified atom stereocenters. The number of benzene rings is 1. The summed E-state index contributed by atoms with van der Waals surface area (Å²) < 4.78 is 14.4. The second kappa shape index (κ2) is 7.15. The average Bonchev–Trinajstić information content (AvgIpc) is 2.93. The molecule has 2 aliphatic rings. The molecule has 22 heavy (non-hydrogen) atoms. The molecule has 1 heteroatoms. The van der Waals surface area contributed by atoms with Gasteiger partial charge in [0.2, 0.25) is 0 Å². The molecule has 0 N–H and O–H groups in total. The minimum absolute atomic E-state index is 0.0723. The van der Waals surface area contributed by atoms with Crippen LogP contribution in [0.15, 0.2) is 12.1 Å². The summed E-state index contributed by atoms with van der Waals surface area (Å²) in [6, 6.07) is 4.09. The Morgan fingerprint density at radius 2 is 1.73 bits per heavy atom. The Bertz CT molecular complexity index is 497. The van der Waals surface area contributed by atoms with Gasteiger partial charge in [-0.1, -0.05) is 52.0 Å². The highest BCUT2D eigenvalue weighted by molar-refractivity contribution is 5.37. The smallest absolute Gasteiger partial charge is 0.126 e. The molecule has 0 radical (unpaired) electrons. The molecule has 2 aliphatic carbocycles. The normalized spacial score (nSPS) is 27.9. The number of aryl methyl sites for hydroxylation is 1. The molecule has 0 aromatic heterocycles. The first-order valence-corrected chi connectivity index (χ1v) is 9.51. The van der Waals surface area contributed by atoms with E-state index in [0.717, 1.165) is 43.1 Å². The van der Waals surface area contributed by atoms with Gasteiger partial charge in [0, 0.05) is 0 Å². The van der Waals surface area contributed by atoms with Gasteiger partial charge in [0.15, 0.2) is 0 Å². The van der Waals surface area contributed by atoms with Crippen molar-refractivity contribution in [3.8, 4) is 0 Å². The molecule has 0 heterocycles. The summed E-state index contributed by atoms with van der Waals surface area (Å²) in [5.41, 5.74) is 3.57. The third-order valence-corrected chi connectivity index (χ3v) is 6.09. The fourth-order valence-corrected chi connectivity index (χ4v) is 4.91. The third kappa shape index (κ3) is 3.39. The Kier molecular flexibility index (Phi) is 5.21. The number of rotatable bonds is 5. The zero-order chi connectivity index (χ0) is 15.5. The van der Waals surface area contributed by atoms with Gasteiger partial charge in [-0.2, -0.15) is 0 Å². The Hall–Kier alpha value is -0.850. The van der Waals surface area contributed by atoms with E-state index in [1.165, 1.54) is 49.7 Å². The first kappa shape index (κ1) is 16.0. The number of halogens is 1. The summed E-state index contributed by atoms with van der Waals surface area (Å²) in [4.78, 5) is 0. The second-order valence-corrected chi connectivity index (χ2v) is 7.70. The summed E-state index contributed by atoms with van der Waals surface area (Å²) in [7, 11) is 0. The summed E-state index contributed by atoms with van der Waals surface area (Å²) in [5.74, 6) is 2.60. The van der Waals surface area contributed by atoms with E-state index < -0.39 is 0 Å².